The molecule has 4 N–H and O–H groups in total. The number of halogens is 1. The van der Waals surface area contributed by atoms with Crippen LogP contribution >= 0.6 is 0 Å². The maximum absolute atomic E-state index is 13.4. The van der Waals surface area contributed by atoms with E-state index in [0.29, 0.717) is 24.6 Å². The highest BCUT2D eigenvalue weighted by molar-refractivity contribution is 5.79. The zero-order valence-electron chi connectivity index (χ0n) is 18.3. The van der Waals surface area contributed by atoms with Crippen molar-refractivity contribution in [3.8, 4) is 0 Å². The molecular formula is C24H32FN5O. The van der Waals surface area contributed by atoms with Gasteiger partial charge in [0.05, 0.1) is 5.92 Å². The van der Waals surface area contributed by atoms with Crippen molar-refractivity contribution in [1.82, 2.24) is 15.5 Å². The van der Waals surface area contributed by atoms with Crippen molar-refractivity contribution in [3.63, 3.8) is 0 Å². The molecule has 1 amide bonds. The molecule has 1 aliphatic heterocycles. The third kappa shape index (κ3) is 6.79. The first-order valence-electron chi connectivity index (χ1n) is 10.7. The van der Waals surface area contributed by atoms with Gasteiger partial charge in [0, 0.05) is 33.2 Å². The second-order valence-corrected chi connectivity index (χ2v) is 8.16. The Balaban J connectivity index is 1.51. The van der Waals surface area contributed by atoms with Gasteiger partial charge in [-0.15, -0.1) is 0 Å². The number of aliphatic imine (C=N–C) groups is 1. The van der Waals surface area contributed by atoms with Gasteiger partial charge in [-0.25, -0.2) is 4.39 Å². The van der Waals surface area contributed by atoms with Gasteiger partial charge in [-0.1, -0.05) is 36.4 Å². The van der Waals surface area contributed by atoms with Gasteiger partial charge in [-0.05, 0) is 54.6 Å². The normalized spacial score (nSPS) is 17.4. The minimum absolute atomic E-state index is 0.0436. The Hall–Kier alpha value is -2.93. The molecule has 2 aromatic carbocycles. The molecule has 1 unspecified atom stereocenters. The summed E-state index contributed by atoms with van der Waals surface area (Å²) in [5, 5.41) is 6.59. The highest BCUT2D eigenvalue weighted by atomic mass is 19.1. The van der Waals surface area contributed by atoms with Crippen LogP contribution in [0.5, 0.6) is 0 Å². The van der Waals surface area contributed by atoms with Gasteiger partial charge in [-0.2, -0.15) is 0 Å². The molecular weight excluding hydrogens is 393 g/mol. The van der Waals surface area contributed by atoms with E-state index in [9.17, 15) is 9.18 Å². The Morgan fingerprint density at radius 3 is 2.55 bits per heavy atom. The quantitative estimate of drug-likeness (QED) is 0.471. The number of piperidine rings is 1. The topological polar surface area (TPSA) is 82.8 Å². The van der Waals surface area contributed by atoms with E-state index in [4.69, 9.17) is 5.73 Å². The average Bonchev–Trinajstić information content (AvgIpc) is 2.76. The van der Waals surface area contributed by atoms with Crippen LogP contribution in [0.1, 0.15) is 35.1 Å². The molecule has 1 aliphatic rings. The third-order valence-electron chi connectivity index (χ3n) is 5.67. The number of nitrogens with one attached hydrogen (secondary N) is 2. The molecule has 1 fully saturated rings. The molecule has 0 saturated carbocycles. The first-order chi connectivity index (χ1) is 14.9. The fraction of sp³-hybridized carbons (Fsp3) is 0.417. The van der Waals surface area contributed by atoms with E-state index >= 15 is 0 Å². The second kappa shape index (κ2) is 10.9. The molecule has 0 radical (unpaired) electrons. The molecule has 3 rings (SSSR count). The SMILES string of the molecule is CN=C(NCc1cccc(CN2CCCC(C(N)=O)C2)c1)NCc1ccc(F)c(C)c1. The van der Waals surface area contributed by atoms with E-state index in [-0.39, 0.29) is 17.6 Å². The van der Waals surface area contributed by atoms with Gasteiger partial charge >= 0.3 is 0 Å². The van der Waals surface area contributed by atoms with E-state index < -0.39 is 0 Å². The minimum Gasteiger partial charge on any atom is -0.369 e. The maximum Gasteiger partial charge on any atom is 0.221 e. The molecule has 0 bridgehead atoms. The van der Waals surface area contributed by atoms with Crippen LogP contribution in [0.25, 0.3) is 0 Å². The summed E-state index contributed by atoms with van der Waals surface area (Å²) in [7, 11) is 1.73. The van der Waals surface area contributed by atoms with Crippen molar-refractivity contribution in [3.05, 3.63) is 70.5 Å². The largest absolute Gasteiger partial charge is 0.369 e. The summed E-state index contributed by atoms with van der Waals surface area (Å²) in [6, 6.07) is 13.5. The van der Waals surface area contributed by atoms with Crippen LogP contribution in [0.3, 0.4) is 0 Å². The number of aryl methyl sites for hydroxylation is 1. The second-order valence-electron chi connectivity index (χ2n) is 8.16. The predicted octanol–water partition coefficient (Wildman–Crippen LogP) is 2.70. The first-order valence-corrected chi connectivity index (χ1v) is 10.7. The molecule has 1 saturated heterocycles. The van der Waals surface area contributed by atoms with Gasteiger partial charge in [0.1, 0.15) is 5.82 Å². The number of primary amides is 1. The van der Waals surface area contributed by atoms with Crippen LogP contribution in [0.4, 0.5) is 4.39 Å². The summed E-state index contributed by atoms with van der Waals surface area (Å²) in [6.45, 7) is 5.50. The Bertz CT molecular complexity index is 930. The molecule has 1 atom stereocenters. The number of guanidine groups is 1. The molecule has 0 spiro atoms. The molecule has 31 heavy (non-hydrogen) atoms. The Labute approximate surface area is 183 Å². The van der Waals surface area contributed by atoms with Crippen LogP contribution in [0.15, 0.2) is 47.5 Å². The number of hydrogen-bond donors (Lipinski definition) is 3. The Kier molecular flexibility index (Phi) is 8.00. The standard InChI is InChI=1S/C24H32FN5O/c1-17-11-19(8-9-22(17)25)14-29-24(27-2)28-13-18-5-3-6-20(12-18)15-30-10-4-7-21(16-30)23(26)31/h3,5-6,8-9,11-12,21H,4,7,10,13-16H2,1-2H3,(H2,26,31)(H2,27,28,29). The molecule has 0 aliphatic carbocycles. The third-order valence-corrected chi connectivity index (χ3v) is 5.67. The van der Waals surface area contributed by atoms with Gasteiger partial charge < -0.3 is 16.4 Å². The number of hydrogen-bond acceptors (Lipinski definition) is 3. The zero-order chi connectivity index (χ0) is 22.2. The van der Waals surface area contributed by atoms with E-state index in [0.717, 1.165) is 43.6 Å². The summed E-state index contributed by atoms with van der Waals surface area (Å²) in [6.07, 6.45) is 1.89. The zero-order valence-corrected chi connectivity index (χ0v) is 18.3. The van der Waals surface area contributed by atoms with Gasteiger partial charge in [0.2, 0.25) is 5.91 Å². The highest BCUT2D eigenvalue weighted by Gasteiger charge is 2.23. The van der Waals surface area contributed by atoms with Crippen LogP contribution in [-0.4, -0.2) is 36.9 Å². The summed E-state index contributed by atoms with van der Waals surface area (Å²) in [4.78, 5) is 18.1. The number of carbonyl (C=O) groups is 1. The molecule has 166 valence electrons. The average molecular weight is 426 g/mol. The summed E-state index contributed by atoms with van der Waals surface area (Å²) < 4.78 is 13.4. The van der Waals surface area contributed by atoms with Crippen molar-refractivity contribution >= 4 is 11.9 Å². The number of nitrogens with two attached hydrogens (primary N) is 1. The van der Waals surface area contributed by atoms with Crippen LogP contribution < -0.4 is 16.4 Å². The smallest absolute Gasteiger partial charge is 0.221 e. The van der Waals surface area contributed by atoms with Gasteiger partial charge in [0.15, 0.2) is 5.96 Å². The number of carbonyl (C=O) groups excluding carboxylic acids is 1. The lowest BCUT2D eigenvalue weighted by Gasteiger charge is -2.31. The van der Waals surface area contributed by atoms with Crippen molar-refractivity contribution in [2.75, 3.05) is 20.1 Å². The van der Waals surface area contributed by atoms with E-state index in [1.54, 1.807) is 20.0 Å². The number of amides is 1. The summed E-state index contributed by atoms with van der Waals surface area (Å²) >= 11 is 0. The van der Waals surface area contributed by atoms with Gasteiger partial charge in [0.25, 0.3) is 0 Å². The number of benzene rings is 2. The van der Waals surface area contributed by atoms with Crippen molar-refractivity contribution in [2.24, 2.45) is 16.6 Å². The minimum atomic E-state index is -0.197. The van der Waals surface area contributed by atoms with Crippen molar-refractivity contribution in [2.45, 2.75) is 39.4 Å². The van der Waals surface area contributed by atoms with Gasteiger partial charge in [-0.3, -0.25) is 14.7 Å². The molecule has 1 heterocycles. The van der Waals surface area contributed by atoms with Crippen molar-refractivity contribution < 1.29 is 9.18 Å². The molecule has 6 nitrogen and oxygen atoms in total. The lowest BCUT2D eigenvalue weighted by atomic mass is 9.97. The maximum atomic E-state index is 13.4. The monoisotopic (exact) mass is 425 g/mol. The Morgan fingerprint density at radius 2 is 1.87 bits per heavy atom. The molecule has 7 heteroatoms. The Morgan fingerprint density at radius 1 is 1.16 bits per heavy atom. The van der Waals surface area contributed by atoms with Crippen LogP contribution in [0, 0.1) is 18.7 Å². The van der Waals surface area contributed by atoms with Crippen molar-refractivity contribution in [1.29, 1.82) is 0 Å². The van der Waals surface area contributed by atoms with E-state index in [2.05, 4.69) is 44.8 Å². The van der Waals surface area contributed by atoms with E-state index in [1.807, 2.05) is 6.07 Å². The molecule has 2 aromatic rings. The predicted molar refractivity (Wildman–Crippen MR) is 122 cm³/mol. The number of nitrogens with zero attached hydrogens (tertiary/aromatic N) is 2. The molecule has 0 aromatic heterocycles. The van der Waals surface area contributed by atoms with Crippen LogP contribution in [0.2, 0.25) is 0 Å². The first kappa shape index (κ1) is 22.7. The fourth-order valence-electron chi connectivity index (χ4n) is 3.94. The van der Waals surface area contributed by atoms with Crippen LogP contribution in [-0.2, 0) is 24.4 Å². The summed E-state index contributed by atoms with van der Waals surface area (Å²) in [5.41, 5.74) is 9.50. The number of rotatable bonds is 7. The highest BCUT2D eigenvalue weighted by Crippen LogP contribution is 2.18. The van der Waals surface area contributed by atoms with E-state index in [1.165, 1.54) is 11.6 Å². The fourth-order valence-corrected chi connectivity index (χ4v) is 3.94. The summed E-state index contributed by atoms with van der Waals surface area (Å²) in [5.74, 6) is 0.253. The lowest BCUT2D eigenvalue weighted by molar-refractivity contribution is -0.123. The lowest BCUT2D eigenvalue weighted by Crippen LogP contribution is -2.40. The number of likely N-dealkylation sites (tertiary alicyclic amines) is 1.